The molecule has 0 saturated carbocycles. The highest BCUT2D eigenvalue weighted by Crippen LogP contribution is 2.34. The van der Waals surface area contributed by atoms with Crippen LogP contribution in [0.15, 0.2) is 39.9 Å². The number of rotatable bonds is 9. The van der Waals surface area contributed by atoms with Crippen molar-refractivity contribution < 1.29 is 24.2 Å². The highest BCUT2D eigenvalue weighted by Gasteiger charge is 2.28. The molecule has 10 heteroatoms. The summed E-state index contributed by atoms with van der Waals surface area (Å²) in [4.78, 5) is 50.8. The Bertz CT molecular complexity index is 1290. The lowest BCUT2D eigenvalue weighted by Crippen LogP contribution is -2.39. The number of carboxylic acids is 1. The van der Waals surface area contributed by atoms with E-state index in [4.69, 9.17) is 9.47 Å². The topological polar surface area (TPSA) is 117 Å². The third kappa shape index (κ3) is 4.76. The maximum absolute atomic E-state index is 13.2. The molecule has 2 aromatic heterocycles. The number of carbonyl (C=O) groups is 2. The first-order chi connectivity index (χ1) is 15.7. The van der Waals surface area contributed by atoms with Gasteiger partial charge in [0.2, 0.25) is 0 Å². The van der Waals surface area contributed by atoms with Gasteiger partial charge in [0.15, 0.2) is 0 Å². The number of hydrogen-bond acceptors (Lipinski definition) is 7. The third-order valence-electron chi connectivity index (χ3n) is 5.45. The fourth-order valence-corrected chi connectivity index (χ4v) is 4.86. The number of benzene rings is 1. The zero-order valence-electron chi connectivity index (χ0n) is 18.9. The van der Waals surface area contributed by atoms with Crippen LogP contribution in [0.5, 0.6) is 0 Å². The van der Waals surface area contributed by atoms with Crippen LogP contribution in [-0.4, -0.2) is 39.9 Å². The Morgan fingerprint density at radius 2 is 1.85 bits per heavy atom. The summed E-state index contributed by atoms with van der Waals surface area (Å²) in [6.45, 7) is 3.15. The molecule has 2 atom stereocenters. The molecule has 1 aromatic carbocycles. The number of aromatic nitrogens is 2. The van der Waals surface area contributed by atoms with E-state index in [0.29, 0.717) is 5.56 Å². The summed E-state index contributed by atoms with van der Waals surface area (Å²) in [6, 6.07) is 9.37. The molecule has 0 aliphatic carbocycles. The largest absolute Gasteiger partial charge is 0.481 e. The molecular formula is C23H26N2O7S. The molecule has 176 valence electrons. The van der Waals surface area contributed by atoms with Crippen LogP contribution in [0.1, 0.15) is 40.8 Å². The van der Waals surface area contributed by atoms with Gasteiger partial charge in [-0.15, -0.1) is 11.3 Å². The quantitative estimate of drug-likeness (QED) is 0.474. The Morgan fingerprint density at radius 3 is 2.42 bits per heavy atom. The molecule has 0 saturated heterocycles. The number of methoxy groups -OCH3 is 1. The average Bonchev–Trinajstić information content (AvgIpc) is 3.18. The number of ether oxygens (including phenoxy) is 2. The number of aliphatic carboxylic acids is 1. The molecule has 0 amide bonds. The Hall–Kier alpha value is -3.24. The molecule has 0 bridgehead atoms. The van der Waals surface area contributed by atoms with E-state index in [1.807, 2.05) is 30.3 Å². The fraction of sp³-hybridized carbons (Fsp3) is 0.391. The van der Waals surface area contributed by atoms with E-state index in [-0.39, 0.29) is 34.7 Å². The van der Waals surface area contributed by atoms with Gasteiger partial charge in [-0.2, -0.15) is 0 Å². The summed E-state index contributed by atoms with van der Waals surface area (Å²) in [5, 5.41) is 9.55. The molecule has 1 unspecified atom stereocenters. The lowest BCUT2D eigenvalue weighted by molar-refractivity contribution is -0.141. The van der Waals surface area contributed by atoms with Gasteiger partial charge in [-0.05, 0) is 18.1 Å². The molecule has 0 spiro atoms. The van der Waals surface area contributed by atoms with E-state index in [9.17, 15) is 24.3 Å². The number of hydrogen-bond donors (Lipinski definition) is 1. The first-order valence-corrected chi connectivity index (χ1v) is 11.3. The number of nitrogens with zero attached hydrogens (tertiary/aromatic N) is 2. The maximum atomic E-state index is 13.2. The Labute approximate surface area is 193 Å². The Kier molecular flexibility index (Phi) is 7.50. The number of carbonyl (C=O) groups excluding carboxylic acids is 1. The smallest absolute Gasteiger partial charge is 0.348 e. The van der Waals surface area contributed by atoms with Gasteiger partial charge in [0.05, 0.1) is 24.0 Å². The van der Waals surface area contributed by atoms with E-state index < -0.39 is 35.2 Å². The highest BCUT2D eigenvalue weighted by atomic mass is 32.1. The highest BCUT2D eigenvalue weighted by molar-refractivity contribution is 7.20. The summed E-state index contributed by atoms with van der Waals surface area (Å²) in [6.07, 6.45) is -0.267. The normalized spacial score (nSPS) is 13.1. The monoisotopic (exact) mass is 474 g/mol. The lowest BCUT2D eigenvalue weighted by Gasteiger charge is -2.17. The molecule has 0 aliphatic heterocycles. The molecule has 9 nitrogen and oxygen atoms in total. The number of fused-ring (bicyclic) bond motifs is 1. The number of thiophene rings is 1. The second kappa shape index (κ2) is 10.1. The minimum Gasteiger partial charge on any atom is -0.481 e. The summed E-state index contributed by atoms with van der Waals surface area (Å²) in [5.74, 6) is -2.56. The second-order valence-electron chi connectivity index (χ2n) is 7.65. The van der Waals surface area contributed by atoms with E-state index in [0.717, 1.165) is 21.5 Å². The molecule has 0 fully saturated rings. The van der Waals surface area contributed by atoms with Crippen molar-refractivity contribution in [3.8, 4) is 0 Å². The molecular weight excluding hydrogens is 448 g/mol. The Morgan fingerprint density at radius 1 is 1.18 bits per heavy atom. The minimum atomic E-state index is -1.07. The van der Waals surface area contributed by atoms with Crippen LogP contribution in [-0.2, 0) is 34.3 Å². The van der Waals surface area contributed by atoms with E-state index in [1.54, 1.807) is 14.0 Å². The summed E-state index contributed by atoms with van der Waals surface area (Å²) in [5.41, 5.74) is 0.0781. The van der Waals surface area contributed by atoms with Gasteiger partial charge in [-0.3, -0.25) is 18.7 Å². The van der Waals surface area contributed by atoms with Crippen molar-refractivity contribution in [2.75, 3.05) is 13.7 Å². The summed E-state index contributed by atoms with van der Waals surface area (Å²) in [7, 11) is 2.88. The van der Waals surface area contributed by atoms with Crippen molar-refractivity contribution in [3.63, 3.8) is 0 Å². The fourth-order valence-electron chi connectivity index (χ4n) is 3.64. The van der Waals surface area contributed by atoms with Crippen LogP contribution in [0.2, 0.25) is 0 Å². The zero-order chi connectivity index (χ0) is 24.3. The zero-order valence-corrected chi connectivity index (χ0v) is 19.7. The number of carboxylic acid groups (broad SMARTS) is 1. The van der Waals surface area contributed by atoms with Crippen molar-refractivity contribution >= 4 is 33.5 Å². The van der Waals surface area contributed by atoms with Crippen LogP contribution in [0.25, 0.3) is 10.2 Å². The van der Waals surface area contributed by atoms with Crippen LogP contribution in [0, 0.1) is 5.92 Å². The predicted octanol–water partition coefficient (Wildman–Crippen LogP) is 2.59. The lowest BCUT2D eigenvalue weighted by atomic mass is 9.99. The predicted molar refractivity (Wildman–Crippen MR) is 124 cm³/mol. The first-order valence-electron chi connectivity index (χ1n) is 10.4. The van der Waals surface area contributed by atoms with E-state index in [2.05, 4.69) is 0 Å². The van der Waals surface area contributed by atoms with Crippen LogP contribution >= 0.6 is 11.3 Å². The minimum absolute atomic E-state index is 0.139. The van der Waals surface area contributed by atoms with Crippen LogP contribution < -0.4 is 11.2 Å². The van der Waals surface area contributed by atoms with Crippen LogP contribution in [0.3, 0.4) is 0 Å². The SMILES string of the molecule is CCOC(=O)c1sc2c(c1C[C@H](OC)c1ccccc1)c(=O)n(C)c(=O)n2CC(C)C(=O)O. The van der Waals surface area contributed by atoms with Crippen molar-refractivity contribution in [1.29, 1.82) is 0 Å². The number of esters is 1. The van der Waals surface area contributed by atoms with E-state index >= 15 is 0 Å². The summed E-state index contributed by atoms with van der Waals surface area (Å²) < 4.78 is 13.1. The van der Waals surface area contributed by atoms with Gasteiger partial charge in [-0.25, -0.2) is 9.59 Å². The first kappa shape index (κ1) is 24.4. The second-order valence-corrected chi connectivity index (χ2v) is 8.65. The molecule has 1 N–H and O–H groups in total. The van der Waals surface area contributed by atoms with Crippen molar-refractivity contribution in [2.45, 2.75) is 32.9 Å². The molecule has 2 heterocycles. The van der Waals surface area contributed by atoms with Gasteiger partial charge in [-0.1, -0.05) is 37.3 Å². The van der Waals surface area contributed by atoms with Gasteiger partial charge in [0, 0.05) is 27.1 Å². The molecule has 3 aromatic rings. The van der Waals surface area contributed by atoms with Crippen molar-refractivity contribution in [3.05, 3.63) is 67.2 Å². The third-order valence-corrected chi connectivity index (χ3v) is 6.69. The average molecular weight is 475 g/mol. The van der Waals surface area contributed by atoms with Crippen LogP contribution in [0.4, 0.5) is 0 Å². The van der Waals surface area contributed by atoms with Gasteiger partial charge in [0.1, 0.15) is 9.71 Å². The molecule has 0 radical (unpaired) electrons. The maximum Gasteiger partial charge on any atom is 0.348 e. The summed E-state index contributed by atoms with van der Waals surface area (Å²) >= 11 is 0.964. The molecule has 3 rings (SSSR count). The molecule has 33 heavy (non-hydrogen) atoms. The van der Waals surface area contributed by atoms with Gasteiger partial charge in [0.25, 0.3) is 5.56 Å². The Balaban J connectivity index is 2.30. The molecule has 0 aliphatic rings. The van der Waals surface area contributed by atoms with E-state index in [1.165, 1.54) is 18.5 Å². The van der Waals surface area contributed by atoms with Crippen molar-refractivity contribution in [2.24, 2.45) is 13.0 Å². The van der Waals surface area contributed by atoms with Crippen molar-refractivity contribution in [1.82, 2.24) is 9.13 Å². The van der Waals surface area contributed by atoms with Gasteiger partial charge < -0.3 is 14.6 Å². The standard InChI is InChI=1S/C23H26N2O7S/c1-5-32-22(29)18-15(11-16(31-4)14-9-7-6-8-10-14)17-19(26)24(3)23(30)25(20(17)33-18)12-13(2)21(27)28/h6-10,13,16H,5,11-12H2,1-4H3,(H,27,28)/t13?,16-/m0/s1. The van der Waals surface area contributed by atoms with Gasteiger partial charge >= 0.3 is 17.6 Å².